The van der Waals surface area contributed by atoms with Crippen LogP contribution in [0.3, 0.4) is 0 Å². The molecular weight excluding hydrogens is 511 g/mol. The molecule has 39 heavy (non-hydrogen) atoms. The zero-order chi connectivity index (χ0) is 29.0. The lowest BCUT2D eigenvalue weighted by molar-refractivity contribution is -0.155. The molecule has 3 rings (SSSR count). The van der Waals surface area contributed by atoms with Gasteiger partial charge in [0.2, 0.25) is 5.91 Å². The molecule has 2 saturated carbocycles. The number of halogens is 1. The summed E-state index contributed by atoms with van der Waals surface area (Å²) in [7, 11) is 2.89. The van der Waals surface area contributed by atoms with Crippen molar-refractivity contribution in [1.29, 1.82) is 0 Å². The fraction of sp³-hybridized carbons (Fsp3) is 0.679. The van der Waals surface area contributed by atoms with Crippen molar-refractivity contribution >= 4 is 17.8 Å². The van der Waals surface area contributed by atoms with Crippen LogP contribution < -0.4 is 20.1 Å². The summed E-state index contributed by atoms with van der Waals surface area (Å²) >= 11 is 0. The predicted molar refractivity (Wildman–Crippen MR) is 140 cm³/mol. The van der Waals surface area contributed by atoms with Gasteiger partial charge in [0, 0.05) is 25.8 Å². The minimum atomic E-state index is -1.22. The van der Waals surface area contributed by atoms with Crippen molar-refractivity contribution in [3.63, 3.8) is 0 Å². The van der Waals surface area contributed by atoms with Crippen LogP contribution in [0.4, 0.5) is 4.39 Å². The lowest BCUT2D eigenvalue weighted by atomic mass is 9.74. The van der Waals surface area contributed by atoms with Gasteiger partial charge in [-0.2, -0.15) is 0 Å². The number of carboxylic acids is 1. The number of amides is 2. The molecule has 0 aliphatic heterocycles. The first kappa shape index (κ1) is 30.6. The molecule has 3 atom stereocenters. The first-order valence-electron chi connectivity index (χ1n) is 13.3. The molecular formula is C28H41FN2O8. The number of hydrogen-bond acceptors (Lipinski definition) is 7. The Morgan fingerprint density at radius 3 is 2.28 bits per heavy atom. The Morgan fingerprint density at radius 1 is 1.08 bits per heavy atom. The van der Waals surface area contributed by atoms with Crippen LogP contribution in [0.2, 0.25) is 0 Å². The second kappa shape index (κ2) is 12.5. The number of nitrogens with one attached hydrogen (secondary N) is 2. The molecule has 0 unspecified atom stereocenters. The van der Waals surface area contributed by atoms with Crippen LogP contribution in [0.25, 0.3) is 0 Å². The van der Waals surface area contributed by atoms with Gasteiger partial charge in [-0.05, 0) is 50.0 Å². The van der Waals surface area contributed by atoms with Crippen LogP contribution in [0.15, 0.2) is 12.1 Å². The van der Waals surface area contributed by atoms with E-state index in [0.717, 1.165) is 6.07 Å². The molecule has 0 aromatic heterocycles. The number of carbonyl (C=O) groups is 3. The minimum absolute atomic E-state index is 0.0150. The average Bonchev–Trinajstić information content (AvgIpc) is 3.30. The molecule has 0 spiro atoms. The normalized spacial score (nSPS) is 27.1. The quantitative estimate of drug-likeness (QED) is 0.347. The topological polar surface area (TPSA) is 143 Å². The van der Waals surface area contributed by atoms with Gasteiger partial charge in [-0.25, -0.2) is 4.39 Å². The highest BCUT2D eigenvalue weighted by molar-refractivity contribution is 5.98. The third kappa shape index (κ3) is 7.39. The second-order valence-corrected chi connectivity index (χ2v) is 11.8. The molecule has 2 fully saturated rings. The Hall–Kier alpha value is -2.92. The number of benzene rings is 1. The molecule has 4 N–H and O–H groups in total. The van der Waals surface area contributed by atoms with E-state index in [1.165, 1.54) is 13.2 Å². The molecule has 2 aliphatic rings. The van der Waals surface area contributed by atoms with Crippen LogP contribution in [0.5, 0.6) is 11.5 Å². The maximum Gasteiger partial charge on any atom is 0.311 e. The number of aliphatic hydroxyl groups excluding tert-OH is 1. The number of hydrogen-bond donors (Lipinski definition) is 4. The van der Waals surface area contributed by atoms with Crippen molar-refractivity contribution in [2.45, 2.75) is 77.5 Å². The number of aliphatic hydroxyl groups is 1. The molecule has 10 nitrogen and oxygen atoms in total. The predicted octanol–water partition coefficient (Wildman–Crippen LogP) is 2.90. The van der Waals surface area contributed by atoms with Crippen molar-refractivity contribution in [1.82, 2.24) is 10.6 Å². The Balaban J connectivity index is 1.75. The number of ether oxygens (including phenoxy) is 3. The van der Waals surface area contributed by atoms with Crippen LogP contribution >= 0.6 is 0 Å². The molecule has 218 valence electrons. The van der Waals surface area contributed by atoms with E-state index in [2.05, 4.69) is 10.6 Å². The van der Waals surface area contributed by atoms with Crippen molar-refractivity contribution in [3.05, 3.63) is 23.5 Å². The highest BCUT2D eigenvalue weighted by Crippen LogP contribution is 2.39. The SMILES string of the molecule is COc1cc(F)c(O[C@H]2CC[C@@](CO)(C(=O)O)CC2)cc1C(=O)N[C@H]1C[C@H](OC)C[C@H]1C(=O)NCC(C)(C)C. The summed E-state index contributed by atoms with van der Waals surface area (Å²) in [6.45, 7) is 6.06. The maximum atomic E-state index is 14.9. The van der Waals surface area contributed by atoms with E-state index in [1.54, 1.807) is 7.11 Å². The number of rotatable bonds is 10. The third-order valence-electron chi connectivity index (χ3n) is 7.74. The summed E-state index contributed by atoms with van der Waals surface area (Å²) < 4.78 is 31.5. The van der Waals surface area contributed by atoms with Crippen LogP contribution in [-0.2, 0) is 14.3 Å². The number of carbonyl (C=O) groups excluding carboxylic acids is 2. The standard InChI is InChI=1S/C28H41FN2O8/c1-27(2,3)14-30-24(33)18-10-17(37-4)11-21(18)31-25(34)19-12-23(20(29)13-22(19)38-5)39-16-6-8-28(15-32,9-7-16)26(35)36/h12-13,16-18,21,32H,6-11,14-15H2,1-5H3,(H,30,33)(H,31,34)(H,35,36)/t16-,17-,18-,21+,28+/m1/s1. The second-order valence-electron chi connectivity index (χ2n) is 11.8. The molecule has 0 bridgehead atoms. The molecule has 2 aliphatic carbocycles. The highest BCUT2D eigenvalue weighted by atomic mass is 19.1. The van der Waals surface area contributed by atoms with E-state index in [-0.39, 0.29) is 47.3 Å². The van der Waals surface area contributed by atoms with E-state index < -0.39 is 47.8 Å². The van der Waals surface area contributed by atoms with E-state index in [1.807, 2.05) is 20.8 Å². The van der Waals surface area contributed by atoms with Crippen LogP contribution in [0.1, 0.15) is 69.7 Å². The van der Waals surface area contributed by atoms with E-state index in [0.29, 0.717) is 32.2 Å². The van der Waals surface area contributed by atoms with Gasteiger partial charge in [0.25, 0.3) is 5.91 Å². The van der Waals surface area contributed by atoms with E-state index >= 15 is 0 Å². The van der Waals surface area contributed by atoms with Gasteiger partial charge in [-0.15, -0.1) is 0 Å². The average molecular weight is 553 g/mol. The first-order valence-corrected chi connectivity index (χ1v) is 13.3. The molecule has 2 amide bonds. The monoisotopic (exact) mass is 552 g/mol. The Kier molecular flexibility index (Phi) is 9.82. The van der Waals surface area contributed by atoms with Gasteiger partial charge in [0.15, 0.2) is 11.6 Å². The highest BCUT2D eigenvalue weighted by Gasteiger charge is 2.43. The van der Waals surface area contributed by atoms with Crippen molar-refractivity contribution in [2.75, 3.05) is 27.4 Å². The first-order chi connectivity index (χ1) is 18.3. The summed E-state index contributed by atoms with van der Waals surface area (Å²) in [5, 5.41) is 24.9. The van der Waals surface area contributed by atoms with Gasteiger partial charge in [-0.3, -0.25) is 14.4 Å². The smallest absolute Gasteiger partial charge is 0.311 e. The van der Waals surface area contributed by atoms with Crippen molar-refractivity contribution in [3.8, 4) is 11.5 Å². The minimum Gasteiger partial charge on any atom is -0.496 e. The van der Waals surface area contributed by atoms with Gasteiger partial charge in [-0.1, -0.05) is 20.8 Å². The zero-order valence-electron chi connectivity index (χ0n) is 23.3. The zero-order valence-corrected chi connectivity index (χ0v) is 23.3. The van der Waals surface area contributed by atoms with Gasteiger partial charge in [0.1, 0.15) is 5.75 Å². The van der Waals surface area contributed by atoms with Gasteiger partial charge >= 0.3 is 5.97 Å². The summed E-state index contributed by atoms with van der Waals surface area (Å²) in [4.78, 5) is 37.9. The molecule has 11 heteroatoms. The summed E-state index contributed by atoms with van der Waals surface area (Å²) in [5.41, 5.74) is -1.27. The Bertz CT molecular complexity index is 1050. The maximum absolute atomic E-state index is 14.9. The van der Waals surface area contributed by atoms with Crippen molar-refractivity contribution < 1.29 is 43.2 Å². The Labute approximate surface area is 228 Å². The summed E-state index contributed by atoms with van der Waals surface area (Å²) in [6, 6.07) is 1.84. The third-order valence-corrected chi connectivity index (χ3v) is 7.74. The summed E-state index contributed by atoms with van der Waals surface area (Å²) in [5.74, 6) is -3.12. The van der Waals surface area contributed by atoms with Crippen molar-refractivity contribution in [2.24, 2.45) is 16.7 Å². The molecule has 0 radical (unpaired) electrons. The summed E-state index contributed by atoms with van der Waals surface area (Å²) in [6.07, 6.45) is 1.23. The number of carboxylic acid groups (broad SMARTS) is 1. The van der Waals surface area contributed by atoms with Gasteiger partial charge in [0.05, 0.1) is 42.8 Å². The van der Waals surface area contributed by atoms with Crippen LogP contribution in [-0.4, -0.2) is 73.6 Å². The lowest BCUT2D eigenvalue weighted by Gasteiger charge is -2.35. The number of aliphatic carboxylic acids is 1. The molecule has 0 heterocycles. The lowest BCUT2D eigenvalue weighted by Crippen LogP contribution is -2.45. The molecule has 0 saturated heterocycles. The number of methoxy groups -OCH3 is 2. The fourth-order valence-corrected chi connectivity index (χ4v) is 5.22. The van der Waals surface area contributed by atoms with E-state index in [4.69, 9.17) is 14.2 Å². The Morgan fingerprint density at radius 2 is 1.74 bits per heavy atom. The fourth-order valence-electron chi connectivity index (χ4n) is 5.22. The van der Waals surface area contributed by atoms with Crippen LogP contribution in [0, 0.1) is 22.6 Å². The molecule has 1 aromatic carbocycles. The molecule has 1 aromatic rings. The van der Waals surface area contributed by atoms with Gasteiger partial charge < -0.3 is 35.1 Å². The largest absolute Gasteiger partial charge is 0.496 e. The van der Waals surface area contributed by atoms with E-state index in [9.17, 15) is 29.0 Å².